The third-order valence-corrected chi connectivity index (χ3v) is 2.18. The van der Waals surface area contributed by atoms with Crippen LogP contribution in [0, 0.1) is 6.92 Å². The van der Waals surface area contributed by atoms with E-state index < -0.39 is 6.23 Å². The van der Waals surface area contributed by atoms with Gasteiger partial charge < -0.3 is 10.0 Å². The number of nitrogens with zero attached hydrogens (tertiary/aromatic N) is 2. The van der Waals surface area contributed by atoms with Gasteiger partial charge in [-0.15, -0.1) is 0 Å². The summed E-state index contributed by atoms with van der Waals surface area (Å²) in [6.07, 6.45) is -0.640. The van der Waals surface area contributed by atoms with E-state index in [-0.39, 0.29) is 5.91 Å². The molecular weight excluding hydrogens is 156 g/mol. The van der Waals surface area contributed by atoms with Gasteiger partial charge in [-0.25, -0.2) is 0 Å². The van der Waals surface area contributed by atoms with Gasteiger partial charge in [-0.05, 0) is 6.92 Å². The molecule has 0 spiro atoms. The molecule has 1 atom stereocenters. The molecule has 1 fully saturated rings. The van der Waals surface area contributed by atoms with Gasteiger partial charge in [0.2, 0.25) is 5.91 Å². The Morgan fingerprint density at radius 3 is 2.25 bits per heavy atom. The van der Waals surface area contributed by atoms with Crippen molar-refractivity contribution in [2.24, 2.45) is 0 Å². The van der Waals surface area contributed by atoms with Crippen molar-refractivity contribution >= 4 is 5.91 Å². The summed E-state index contributed by atoms with van der Waals surface area (Å²) in [7, 11) is 0. The van der Waals surface area contributed by atoms with E-state index in [1.165, 1.54) is 0 Å². The Hall–Kier alpha value is -0.610. The summed E-state index contributed by atoms with van der Waals surface area (Å²) in [5.74, 6) is 0.105. The van der Waals surface area contributed by atoms with Crippen LogP contribution in [0.25, 0.3) is 0 Å². The van der Waals surface area contributed by atoms with E-state index in [9.17, 15) is 4.79 Å². The molecule has 4 nitrogen and oxygen atoms in total. The van der Waals surface area contributed by atoms with Gasteiger partial charge in [0.15, 0.2) is 0 Å². The van der Waals surface area contributed by atoms with Crippen molar-refractivity contribution in [2.75, 3.05) is 26.2 Å². The lowest BCUT2D eigenvalue weighted by Gasteiger charge is -2.35. The molecule has 0 aromatic heterocycles. The van der Waals surface area contributed by atoms with Crippen LogP contribution in [0.1, 0.15) is 6.92 Å². The van der Waals surface area contributed by atoms with Gasteiger partial charge in [0.05, 0.1) is 0 Å². The topological polar surface area (TPSA) is 43.8 Å². The highest BCUT2D eigenvalue weighted by molar-refractivity contribution is 5.73. The molecule has 69 valence electrons. The van der Waals surface area contributed by atoms with Gasteiger partial charge in [-0.3, -0.25) is 9.69 Å². The molecule has 0 aromatic carbocycles. The quantitative estimate of drug-likeness (QED) is 0.567. The monoisotopic (exact) mass is 171 g/mol. The van der Waals surface area contributed by atoms with Crippen molar-refractivity contribution < 1.29 is 9.90 Å². The van der Waals surface area contributed by atoms with Crippen LogP contribution in [0.5, 0.6) is 0 Å². The average Bonchev–Trinajstić information content (AvgIpc) is 2.04. The Balaban J connectivity index is 2.34. The largest absolute Gasteiger partial charge is 0.378 e. The summed E-state index contributed by atoms with van der Waals surface area (Å²) >= 11 is 0. The van der Waals surface area contributed by atoms with Gasteiger partial charge in [0.1, 0.15) is 6.23 Å². The highest BCUT2D eigenvalue weighted by Crippen LogP contribution is 2.03. The smallest absolute Gasteiger partial charge is 0.219 e. The van der Waals surface area contributed by atoms with Crippen molar-refractivity contribution in [1.82, 2.24) is 9.80 Å². The van der Waals surface area contributed by atoms with Crippen LogP contribution in [0.15, 0.2) is 0 Å². The number of piperazine rings is 1. The molecule has 1 aliphatic heterocycles. The lowest BCUT2D eigenvalue weighted by atomic mass is 10.3. The number of amides is 1. The maximum atomic E-state index is 10.9. The van der Waals surface area contributed by atoms with Gasteiger partial charge in [0, 0.05) is 33.1 Å². The van der Waals surface area contributed by atoms with Crippen molar-refractivity contribution in [1.29, 1.82) is 0 Å². The predicted molar refractivity (Wildman–Crippen MR) is 45.2 cm³/mol. The molecule has 0 saturated carbocycles. The van der Waals surface area contributed by atoms with Crippen LogP contribution in [-0.2, 0) is 4.79 Å². The first-order valence-corrected chi connectivity index (χ1v) is 4.12. The van der Waals surface area contributed by atoms with E-state index in [2.05, 4.69) is 6.92 Å². The number of hydrogen-bond donors (Lipinski definition) is 1. The van der Waals surface area contributed by atoms with Gasteiger partial charge >= 0.3 is 0 Å². The first-order chi connectivity index (χ1) is 5.61. The molecule has 4 heteroatoms. The molecule has 1 heterocycles. The van der Waals surface area contributed by atoms with E-state index in [1.807, 2.05) is 4.90 Å². The summed E-state index contributed by atoms with van der Waals surface area (Å²) in [5, 5.41) is 9.11. The summed E-state index contributed by atoms with van der Waals surface area (Å²) < 4.78 is 0. The zero-order valence-electron chi connectivity index (χ0n) is 7.36. The Morgan fingerprint density at radius 2 is 1.92 bits per heavy atom. The number of aliphatic hydroxyl groups is 1. The van der Waals surface area contributed by atoms with Crippen LogP contribution in [0.3, 0.4) is 0 Å². The van der Waals surface area contributed by atoms with E-state index in [0.29, 0.717) is 26.2 Å². The van der Waals surface area contributed by atoms with E-state index in [4.69, 9.17) is 5.11 Å². The maximum absolute atomic E-state index is 10.9. The van der Waals surface area contributed by atoms with Crippen LogP contribution in [0.4, 0.5) is 0 Å². The standard InChI is InChI=1S/C8H15N2O2/c1-7(11)9-3-5-10(6-4-9)8(2)12/h7,11H,1,3-6H2,2H3. The Labute approximate surface area is 72.8 Å². The Kier molecular flexibility index (Phi) is 3.05. The van der Waals surface area contributed by atoms with E-state index >= 15 is 0 Å². The molecule has 1 unspecified atom stereocenters. The van der Waals surface area contributed by atoms with Gasteiger partial charge in [-0.1, -0.05) is 0 Å². The number of hydrogen-bond acceptors (Lipinski definition) is 3. The highest BCUT2D eigenvalue weighted by atomic mass is 16.3. The lowest BCUT2D eigenvalue weighted by Crippen LogP contribution is -2.50. The van der Waals surface area contributed by atoms with Gasteiger partial charge in [-0.2, -0.15) is 0 Å². The fourth-order valence-corrected chi connectivity index (χ4v) is 1.33. The summed E-state index contributed by atoms with van der Waals surface area (Å²) in [4.78, 5) is 14.5. The molecular formula is C8H15N2O2. The van der Waals surface area contributed by atoms with Crippen LogP contribution in [0.2, 0.25) is 0 Å². The van der Waals surface area contributed by atoms with Crippen LogP contribution >= 0.6 is 0 Å². The van der Waals surface area contributed by atoms with Crippen LogP contribution in [-0.4, -0.2) is 53.2 Å². The molecule has 1 saturated heterocycles. The highest BCUT2D eigenvalue weighted by Gasteiger charge is 2.20. The number of carbonyl (C=O) groups is 1. The first kappa shape index (κ1) is 9.48. The molecule has 1 amide bonds. The lowest BCUT2D eigenvalue weighted by molar-refractivity contribution is -0.131. The summed E-state index contributed by atoms with van der Waals surface area (Å²) in [6, 6.07) is 0. The Bertz CT molecular complexity index is 162. The first-order valence-electron chi connectivity index (χ1n) is 4.12. The van der Waals surface area contributed by atoms with Crippen molar-refractivity contribution in [3.8, 4) is 0 Å². The van der Waals surface area contributed by atoms with E-state index in [0.717, 1.165) is 0 Å². The molecule has 1 radical (unpaired) electrons. The third kappa shape index (κ3) is 2.19. The minimum absolute atomic E-state index is 0.105. The maximum Gasteiger partial charge on any atom is 0.219 e. The molecule has 0 aromatic rings. The summed E-state index contributed by atoms with van der Waals surface area (Å²) in [5.41, 5.74) is 0. The fourth-order valence-electron chi connectivity index (χ4n) is 1.33. The fraction of sp³-hybridized carbons (Fsp3) is 0.750. The zero-order chi connectivity index (χ0) is 9.14. The SMILES string of the molecule is [CH2]C(O)N1CCN(C(C)=O)CC1. The second-order valence-corrected chi connectivity index (χ2v) is 3.02. The van der Waals surface area contributed by atoms with Crippen molar-refractivity contribution in [3.05, 3.63) is 6.92 Å². The second kappa shape index (κ2) is 3.87. The van der Waals surface area contributed by atoms with Crippen molar-refractivity contribution in [3.63, 3.8) is 0 Å². The predicted octanol–water partition coefficient (Wildman–Crippen LogP) is -0.697. The third-order valence-electron chi connectivity index (χ3n) is 2.18. The molecule has 0 aliphatic carbocycles. The van der Waals surface area contributed by atoms with Crippen LogP contribution < -0.4 is 0 Å². The Morgan fingerprint density at radius 1 is 1.42 bits per heavy atom. The van der Waals surface area contributed by atoms with Crippen molar-refractivity contribution in [2.45, 2.75) is 13.2 Å². The molecule has 1 N–H and O–H groups in total. The normalized spacial score (nSPS) is 22.4. The average molecular weight is 171 g/mol. The summed E-state index contributed by atoms with van der Waals surface area (Å²) in [6.45, 7) is 7.89. The number of aliphatic hydroxyl groups excluding tert-OH is 1. The number of carbonyl (C=O) groups excluding carboxylic acids is 1. The minimum Gasteiger partial charge on any atom is -0.378 e. The van der Waals surface area contributed by atoms with E-state index in [1.54, 1.807) is 11.8 Å². The number of rotatable bonds is 1. The van der Waals surface area contributed by atoms with Gasteiger partial charge in [0.25, 0.3) is 0 Å². The molecule has 1 aliphatic rings. The molecule has 12 heavy (non-hydrogen) atoms. The molecule has 1 rings (SSSR count). The zero-order valence-corrected chi connectivity index (χ0v) is 7.36. The minimum atomic E-state index is -0.640. The second-order valence-electron chi connectivity index (χ2n) is 3.02. The molecule has 0 bridgehead atoms.